The van der Waals surface area contributed by atoms with Crippen LogP contribution >= 0.6 is 0 Å². The molecule has 23 heavy (non-hydrogen) atoms. The van der Waals surface area contributed by atoms with Crippen LogP contribution in [0, 0.1) is 0 Å². The molecule has 1 aliphatic heterocycles. The second-order valence-corrected chi connectivity index (χ2v) is 6.57. The lowest BCUT2D eigenvalue weighted by molar-refractivity contribution is 0.0276. The molecule has 1 aromatic rings. The Balaban J connectivity index is 1.78. The van der Waals surface area contributed by atoms with Gasteiger partial charge in [0.2, 0.25) is 0 Å². The van der Waals surface area contributed by atoms with E-state index in [1.54, 1.807) is 17.0 Å². The third-order valence-electron chi connectivity index (χ3n) is 3.34. The Morgan fingerprint density at radius 1 is 1.35 bits per heavy atom. The number of amidine groups is 1. The molecule has 6 nitrogen and oxygen atoms in total. The van der Waals surface area contributed by atoms with Crippen LogP contribution in [0.1, 0.15) is 26.3 Å². The van der Waals surface area contributed by atoms with Gasteiger partial charge in [-0.25, -0.2) is 4.79 Å². The monoisotopic (exact) mass is 319 g/mol. The minimum atomic E-state index is -0.488. The number of hydrogen-bond acceptors (Lipinski definition) is 5. The molecule has 1 aromatic carbocycles. The van der Waals surface area contributed by atoms with Crippen molar-refractivity contribution in [2.75, 3.05) is 26.2 Å². The predicted molar refractivity (Wildman–Crippen MR) is 89.9 cm³/mol. The number of nitrogens with zero attached hydrogens (tertiary/aromatic N) is 2. The molecule has 2 N–H and O–H groups in total. The first-order valence-electron chi connectivity index (χ1n) is 7.86. The van der Waals surface area contributed by atoms with Crippen molar-refractivity contribution in [2.24, 2.45) is 4.99 Å². The van der Waals surface area contributed by atoms with Gasteiger partial charge in [0, 0.05) is 13.1 Å². The summed E-state index contributed by atoms with van der Waals surface area (Å²) in [5.74, 6) is 1.08. The molecule has 2 rings (SSSR count). The zero-order valence-corrected chi connectivity index (χ0v) is 14.0. The first kappa shape index (κ1) is 17.1. The van der Waals surface area contributed by atoms with E-state index in [0.717, 1.165) is 24.4 Å². The summed E-state index contributed by atoms with van der Waals surface area (Å²) in [6, 6.07) is 7.15. The molecule has 1 aliphatic rings. The maximum Gasteiger partial charge on any atom is 0.410 e. The summed E-state index contributed by atoms with van der Waals surface area (Å²) in [5, 5.41) is 12.5. The number of phenols is 1. The lowest BCUT2D eigenvalue weighted by atomic mass is 10.1. The Hall–Kier alpha value is -2.24. The molecular formula is C17H25N3O3. The number of phenolic OH excluding ortho intramolecular Hbond substituents is 1. The van der Waals surface area contributed by atoms with E-state index in [1.165, 1.54) is 0 Å². The van der Waals surface area contributed by atoms with Gasteiger partial charge in [-0.1, -0.05) is 12.1 Å². The largest absolute Gasteiger partial charge is 0.508 e. The van der Waals surface area contributed by atoms with Gasteiger partial charge in [0.1, 0.15) is 17.2 Å². The number of amides is 1. The fourth-order valence-electron chi connectivity index (χ4n) is 2.22. The lowest BCUT2D eigenvalue weighted by Crippen LogP contribution is -2.47. The highest BCUT2D eigenvalue weighted by Crippen LogP contribution is 2.11. The van der Waals surface area contributed by atoms with Gasteiger partial charge >= 0.3 is 6.09 Å². The fraction of sp³-hybridized carbons (Fsp3) is 0.529. The second-order valence-electron chi connectivity index (χ2n) is 6.57. The van der Waals surface area contributed by atoms with Crippen molar-refractivity contribution in [1.29, 1.82) is 0 Å². The predicted octanol–water partition coefficient (Wildman–Crippen LogP) is 2.17. The number of ether oxygens (including phenoxy) is 1. The van der Waals surface area contributed by atoms with Crippen molar-refractivity contribution >= 4 is 11.9 Å². The minimum Gasteiger partial charge on any atom is -0.508 e. The van der Waals surface area contributed by atoms with Crippen LogP contribution in [-0.2, 0) is 11.2 Å². The summed E-state index contributed by atoms with van der Waals surface area (Å²) in [5.41, 5.74) is 0.647. The maximum atomic E-state index is 12.1. The van der Waals surface area contributed by atoms with Gasteiger partial charge < -0.3 is 15.2 Å². The van der Waals surface area contributed by atoms with Crippen LogP contribution in [-0.4, -0.2) is 53.7 Å². The highest BCUT2D eigenvalue weighted by Gasteiger charge is 2.24. The van der Waals surface area contributed by atoms with Crippen molar-refractivity contribution in [2.45, 2.75) is 32.8 Å². The third kappa shape index (κ3) is 5.81. The van der Waals surface area contributed by atoms with Gasteiger partial charge in [0.15, 0.2) is 0 Å². The van der Waals surface area contributed by atoms with E-state index in [9.17, 15) is 9.90 Å². The van der Waals surface area contributed by atoms with E-state index in [0.29, 0.717) is 19.6 Å². The topological polar surface area (TPSA) is 74.2 Å². The van der Waals surface area contributed by atoms with Gasteiger partial charge in [-0.05, 0) is 44.9 Å². The molecule has 0 radical (unpaired) electrons. The molecular weight excluding hydrogens is 294 g/mol. The molecule has 1 amide bonds. The van der Waals surface area contributed by atoms with Crippen LogP contribution in [0.2, 0.25) is 0 Å². The van der Waals surface area contributed by atoms with Gasteiger partial charge in [-0.2, -0.15) is 0 Å². The van der Waals surface area contributed by atoms with Crippen LogP contribution in [0.15, 0.2) is 29.3 Å². The minimum absolute atomic E-state index is 0.270. The molecule has 0 saturated carbocycles. The Morgan fingerprint density at radius 3 is 2.70 bits per heavy atom. The number of aliphatic imine (C=N–C) groups is 1. The van der Waals surface area contributed by atoms with Gasteiger partial charge in [-0.3, -0.25) is 9.89 Å². The smallest absolute Gasteiger partial charge is 0.410 e. The molecule has 6 heteroatoms. The molecule has 0 saturated heterocycles. The summed E-state index contributed by atoms with van der Waals surface area (Å²) in [6.07, 6.45) is 0.524. The Morgan fingerprint density at radius 2 is 2.04 bits per heavy atom. The number of rotatable bonds is 3. The summed E-state index contributed by atoms with van der Waals surface area (Å²) >= 11 is 0. The fourth-order valence-corrected chi connectivity index (χ4v) is 2.22. The lowest BCUT2D eigenvalue weighted by Gasteiger charge is -2.29. The van der Waals surface area contributed by atoms with E-state index in [-0.39, 0.29) is 11.8 Å². The van der Waals surface area contributed by atoms with Crippen molar-refractivity contribution in [1.82, 2.24) is 10.2 Å². The van der Waals surface area contributed by atoms with Crippen LogP contribution in [0.4, 0.5) is 4.79 Å². The average molecular weight is 319 g/mol. The number of carbonyl (C=O) groups is 1. The third-order valence-corrected chi connectivity index (χ3v) is 3.34. The second kappa shape index (κ2) is 7.35. The van der Waals surface area contributed by atoms with Crippen molar-refractivity contribution in [3.8, 4) is 5.75 Å². The van der Waals surface area contributed by atoms with E-state index < -0.39 is 5.60 Å². The van der Waals surface area contributed by atoms with E-state index >= 15 is 0 Å². The van der Waals surface area contributed by atoms with Crippen molar-refractivity contribution in [3.05, 3.63) is 29.8 Å². The van der Waals surface area contributed by atoms with Gasteiger partial charge in [-0.15, -0.1) is 0 Å². The number of nitrogens with one attached hydrogen (secondary N) is 1. The first-order valence-corrected chi connectivity index (χ1v) is 7.86. The highest BCUT2D eigenvalue weighted by atomic mass is 16.6. The molecule has 0 aliphatic carbocycles. The first-order chi connectivity index (χ1) is 10.8. The summed E-state index contributed by atoms with van der Waals surface area (Å²) < 4.78 is 5.39. The summed E-state index contributed by atoms with van der Waals surface area (Å²) in [7, 11) is 0. The van der Waals surface area contributed by atoms with Crippen molar-refractivity contribution < 1.29 is 14.6 Å². The van der Waals surface area contributed by atoms with E-state index in [1.807, 2.05) is 32.9 Å². The van der Waals surface area contributed by atoms with Crippen LogP contribution in [0.3, 0.4) is 0 Å². The maximum absolute atomic E-state index is 12.1. The zero-order chi connectivity index (χ0) is 16.9. The highest BCUT2D eigenvalue weighted by molar-refractivity contribution is 5.87. The molecule has 0 aromatic heterocycles. The van der Waals surface area contributed by atoms with Crippen molar-refractivity contribution in [3.63, 3.8) is 0 Å². The average Bonchev–Trinajstić information content (AvgIpc) is 2.48. The van der Waals surface area contributed by atoms with Crippen LogP contribution in [0.5, 0.6) is 5.75 Å². The summed E-state index contributed by atoms with van der Waals surface area (Å²) in [4.78, 5) is 18.2. The van der Waals surface area contributed by atoms with E-state index in [4.69, 9.17) is 4.74 Å². The number of benzene rings is 1. The Bertz CT molecular complexity index is 561. The standard InChI is InChI=1S/C17H25N3O3/c1-17(2,3)23-16(22)20-11-10-19-15(12-20)18-9-8-13-4-6-14(21)7-5-13/h4-7,21H,8-12H2,1-3H3,(H,18,19). The zero-order valence-electron chi connectivity index (χ0n) is 14.0. The number of aromatic hydroxyl groups is 1. The number of hydrogen-bond donors (Lipinski definition) is 2. The molecule has 1 heterocycles. The molecule has 126 valence electrons. The normalized spacial score (nSPS) is 15.1. The molecule has 0 fully saturated rings. The summed E-state index contributed by atoms with van der Waals surface area (Å²) in [6.45, 7) is 7.92. The van der Waals surface area contributed by atoms with Gasteiger partial charge in [0.25, 0.3) is 0 Å². The molecule has 0 spiro atoms. The quantitative estimate of drug-likeness (QED) is 0.895. The molecule has 0 bridgehead atoms. The Labute approximate surface area is 137 Å². The van der Waals surface area contributed by atoms with E-state index in [2.05, 4.69) is 10.3 Å². The Kier molecular flexibility index (Phi) is 5.47. The molecule has 0 atom stereocenters. The van der Waals surface area contributed by atoms with Gasteiger partial charge in [0.05, 0.1) is 13.1 Å². The SMILES string of the molecule is CC(C)(C)OC(=O)N1CCN=C(NCCc2ccc(O)cc2)C1. The molecule has 0 unspecified atom stereocenters. The van der Waals surface area contributed by atoms with Crippen LogP contribution < -0.4 is 5.32 Å². The number of carbonyl (C=O) groups excluding carboxylic acids is 1. The van der Waals surface area contributed by atoms with Crippen LogP contribution in [0.25, 0.3) is 0 Å².